The average molecular weight is 526 g/mol. The number of benzene rings is 2. The molecular formula is C26H21F7N2O2. The molecule has 0 spiro atoms. The molecule has 1 aromatic heterocycles. The molecule has 0 N–H and O–H groups in total. The van der Waals surface area contributed by atoms with Crippen molar-refractivity contribution in [3.63, 3.8) is 0 Å². The Morgan fingerprint density at radius 1 is 0.865 bits per heavy atom. The van der Waals surface area contributed by atoms with Crippen LogP contribution in [-0.4, -0.2) is 24.2 Å². The summed E-state index contributed by atoms with van der Waals surface area (Å²) in [6.45, 7) is 4.01. The highest BCUT2D eigenvalue weighted by molar-refractivity contribution is 6.03. The summed E-state index contributed by atoms with van der Waals surface area (Å²) in [6, 6.07) is 6.19. The standard InChI is InChI=1S/C26H21F7N2O2/c1-14-7-18(27)5-6-20(14)21-11-19(13-36)34-12-22(21)35(4)23(37)24(2,3)15-8-16(25(28,29)30)10-17(9-15)26(31,32)33/h5-13H,1-4H3. The Hall–Kier alpha value is -3.76. The molecule has 3 rings (SSSR count). The number of hydrogen-bond acceptors (Lipinski definition) is 3. The van der Waals surface area contributed by atoms with Crippen molar-refractivity contribution in [1.29, 1.82) is 0 Å². The topological polar surface area (TPSA) is 50.3 Å². The molecule has 11 heteroatoms. The van der Waals surface area contributed by atoms with Gasteiger partial charge in [-0.15, -0.1) is 0 Å². The summed E-state index contributed by atoms with van der Waals surface area (Å²) in [7, 11) is 1.28. The van der Waals surface area contributed by atoms with Crippen LogP contribution in [-0.2, 0) is 22.6 Å². The predicted molar refractivity (Wildman–Crippen MR) is 123 cm³/mol. The Balaban J connectivity index is 2.16. The number of aryl methyl sites for hydroxylation is 1. The van der Waals surface area contributed by atoms with E-state index < -0.39 is 46.2 Å². The molecule has 2 aromatic carbocycles. The highest BCUT2D eigenvalue weighted by Crippen LogP contribution is 2.40. The number of carbonyl (C=O) groups is 2. The molecule has 1 heterocycles. The summed E-state index contributed by atoms with van der Waals surface area (Å²) in [4.78, 5) is 29.9. The van der Waals surface area contributed by atoms with E-state index in [1.54, 1.807) is 6.92 Å². The lowest BCUT2D eigenvalue weighted by Gasteiger charge is -2.32. The van der Waals surface area contributed by atoms with Crippen molar-refractivity contribution in [2.75, 3.05) is 11.9 Å². The van der Waals surface area contributed by atoms with Gasteiger partial charge in [0.15, 0.2) is 6.29 Å². The second kappa shape index (κ2) is 9.60. The second-order valence-corrected chi connectivity index (χ2v) is 8.99. The quantitative estimate of drug-likeness (QED) is 0.266. The zero-order chi connectivity index (χ0) is 27.9. The molecule has 0 radical (unpaired) electrons. The molecule has 1 amide bonds. The molecule has 196 valence electrons. The molecule has 3 aromatic rings. The van der Waals surface area contributed by atoms with Crippen molar-refractivity contribution in [3.8, 4) is 11.1 Å². The number of likely N-dealkylation sites (N-methyl/N-ethyl adjacent to an activating group) is 1. The maximum atomic E-state index is 13.7. The number of nitrogens with zero attached hydrogens (tertiary/aromatic N) is 2. The van der Waals surface area contributed by atoms with Crippen LogP contribution >= 0.6 is 0 Å². The van der Waals surface area contributed by atoms with Gasteiger partial charge in [0.2, 0.25) is 5.91 Å². The lowest BCUT2D eigenvalue weighted by molar-refractivity contribution is -0.143. The van der Waals surface area contributed by atoms with Crippen molar-refractivity contribution < 1.29 is 40.3 Å². The number of pyridine rings is 1. The van der Waals surface area contributed by atoms with E-state index in [4.69, 9.17) is 0 Å². The van der Waals surface area contributed by atoms with Crippen molar-refractivity contribution in [3.05, 3.63) is 82.4 Å². The first-order valence-corrected chi connectivity index (χ1v) is 10.8. The van der Waals surface area contributed by atoms with Gasteiger partial charge in [0.25, 0.3) is 0 Å². The molecule has 0 fully saturated rings. The van der Waals surface area contributed by atoms with Crippen LogP contribution in [0.1, 0.15) is 46.6 Å². The normalized spacial score (nSPS) is 12.4. The van der Waals surface area contributed by atoms with Crippen LogP contribution in [0.3, 0.4) is 0 Å². The van der Waals surface area contributed by atoms with E-state index in [9.17, 15) is 40.3 Å². The largest absolute Gasteiger partial charge is 0.416 e. The molecule has 0 bridgehead atoms. The maximum absolute atomic E-state index is 13.7. The molecule has 0 unspecified atom stereocenters. The van der Waals surface area contributed by atoms with E-state index in [0.29, 0.717) is 35.1 Å². The van der Waals surface area contributed by atoms with Crippen molar-refractivity contribution in [2.45, 2.75) is 38.5 Å². The van der Waals surface area contributed by atoms with Crippen LogP contribution in [0.4, 0.5) is 36.4 Å². The third kappa shape index (κ3) is 5.65. The summed E-state index contributed by atoms with van der Waals surface area (Å²) in [6.07, 6.45) is -8.52. The Morgan fingerprint density at radius 3 is 1.89 bits per heavy atom. The molecule has 0 atom stereocenters. The summed E-state index contributed by atoms with van der Waals surface area (Å²) < 4.78 is 94.1. The van der Waals surface area contributed by atoms with Crippen LogP contribution in [0.5, 0.6) is 0 Å². The Labute approximate surface area is 207 Å². The molecule has 37 heavy (non-hydrogen) atoms. The minimum atomic E-state index is -5.08. The zero-order valence-corrected chi connectivity index (χ0v) is 20.1. The number of rotatable bonds is 5. The highest BCUT2D eigenvalue weighted by atomic mass is 19.4. The second-order valence-electron chi connectivity index (χ2n) is 8.99. The van der Waals surface area contributed by atoms with Gasteiger partial charge in [-0.05, 0) is 73.9 Å². The van der Waals surface area contributed by atoms with Crippen molar-refractivity contribution in [2.24, 2.45) is 0 Å². The average Bonchev–Trinajstić information content (AvgIpc) is 2.81. The van der Waals surface area contributed by atoms with E-state index in [-0.39, 0.29) is 17.4 Å². The number of aromatic nitrogens is 1. The van der Waals surface area contributed by atoms with Gasteiger partial charge in [0, 0.05) is 12.6 Å². The van der Waals surface area contributed by atoms with Crippen LogP contribution in [0.15, 0.2) is 48.7 Å². The van der Waals surface area contributed by atoms with Crippen molar-refractivity contribution in [1.82, 2.24) is 4.98 Å². The summed E-state index contributed by atoms with van der Waals surface area (Å²) in [5, 5.41) is 0. The van der Waals surface area contributed by atoms with Gasteiger partial charge in [-0.25, -0.2) is 4.39 Å². The fraction of sp³-hybridized carbons (Fsp3) is 0.269. The maximum Gasteiger partial charge on any atom is 0.416 e. The van der Waals surface area contributed by atoms with Crippen molar-refractivity contribution >= 4 is 17.9 Å². The first kappa shape index (κ1) is 27.8. The zero-order valence-electron chi connectivity index (χ0n) is 20.1. The Morgan fingerprint density at radius 2 is 1.41 bits per heavy atom. The molecular weight excluding hydrogens is 505 g/mol. The lowest BCUT2D eigenvalue weighted by Crippen LogP contribution is -2.42. The molecule has 0 saturated heterocycles. The van der Waals surface area contributed by atoms with E-state index in [2.05, 4.69) is 4.98 Å². The van der Waals surface area contributed by atoms with Gasteiger partial charge in [-0.3, -0.25) is 14.6 Å². The summed E-state index contributed by atoms with van der Waals surface area (Å²) in [5.74, 6) is -1.37. The number of halogens is 7. The number of anilines is 1. The smallest absolute Gasteiger partial charge is 0.313 e. The fourth-order valence-electron chi connectivity index (χ4n) is 3.91. The number of alkyl halides is 6. The minimum absolute atomic E-state index is 0.00437. The van der Waals surface area contributed by atoms with Crippen LogP contribution in [0.25, 0.3) is 11.1 Å². The summed E-state index contributed by atoms with van der Waals surface area (Å²) in [5.41, 5.74) is -4.13. The van der Waals surface area contributed by atoms with Crippen LogP contribution in [0.2, 0.25) is 0 Å². The van der Waals surface area contributed by atoms with Gasteiger partial charge in [-0.1, -0.05) is 6.07 Å². The van der Waals surface area contributed by atoms with E-state index in [0.717, 1.165) is 4.90 Å². The molecule has 0 aliphatic carbocycles. The highest BCUT2D eigenvalue weighted by Gasteiger charge is 2.41. The van der Waals surface area contributed by atoms with Gasteiger partial charge in [0.05, 0.1) is 28.4 Å². The Bertz CT molecular complexity index is 1330. The molecule has 4 nitrogen and oxygen atoms in total. The SMILES string of the molecule is Cc1cc(F)ccc1-c1cc(C=O)ncc1N(C)C(=O)C(C)(C)c1cc(C(F)(F)F)cc(C(F)(F)F)c1. The third-order valence-corrected chi connectivity index (χ3v) is 6.01. The van der Waals surface area contributed by atoms with Gasteiger partial charge < -0.3 is 4.90 Å². The Kier molecular flexibility index (Phi) is 7.22. The predicted octanol–water partition coefficient (Wildman–Crippen LogP) is 6.99. The van der Waals surface area contributed by atoms with Gasteiger partial charge in [0.1, 0.15) is 11.5 Å². The fourth-order valence-corrected chi connectivity index (χ4v) is 3.91. The van der Waals surface area contributed by atoms with E-state index in [1.807, 2.05) is 0 Å². The van der Waals surface area contributed by atoms with Gasteiger partial charge >= 0.3 is 12.4 Å². The number of aldehydes is 1. The van der Waals surface area contributed by atoms with Crippen LogP contribution in [0, 0.1) is 12.7 Å². The van der Waals surface area contributed by atoms with E-state index >= 15 is 0 Å². The molecule has 0 aliphatic heterocycles. The third-order valence-electron chi connectivity index (χ3n) is 6.01. The van der Waals surface area contributed by atoms with E-state index in [1.165, 1.54) is 51.4 Å². The lowest BCUT2D eigenvalue weighted by atomic mass is 9.81. The molecule has 0 aliphatic rings. The molecule has 0 saturated carbocycles. The monoisotopic (exact) mass is 526 g/mol. The van der Waals surface area contributed by atoms with Gasteiger partial charge in [-0.2, -0.15) is 26.3 Å². The first-order chi connectivity index (χ1) is 17.0. The number of amides is 1. The summed E-state index contributed by atoms with van der Waals surface area (Å²) >= 11 is 0. The number of hydrogen-bond donors (Lipinski definition) is 0. The first-order valence-electron chi connectivity index (χ1n) is 10.8. The van der Waals surface area contributed by atoms with Crippen LogP contribution < -0.4 is 4.90 Å². The minimum Gasteiger partial charge on any atom is -0.313 e. The number of carbonyl (C=O) groups excluding carboxylic acids is 2.